The highest BCUT2D eigenvalue weighted by molar-refractivity contribution is 5.76. The number of carboxylic acid groups (broad SMARTS) is 1. The lowest BCUT2D eigenvalue weighted by atomic mass is 9.73. The molecule has 3 saturated heterocycles. The minimum atomic E-state index is -0.732. The summed E-state index contributed by atoms with van der Waals surface area (Å²) in [6.45, 7) is 1.76. The first-order valence-electron chi connectivity index (χ1n) is 14.8. The van der Waals surface area contributed by atoms with E-state index in [0.29, 0.717) is 24.0 Å². The Hall–Kier alpha value is -1.92. The summed E-state index contributed by atoms with van der Waals surface area (Å²) in [7, 11) is 0. The number of likely N-dealkylation sites (tertiary alicyclic amines) is 1. The van der Waals surface area contributed by atoms with E-state index in [1.807, 2.05) is 4.90 Å². The fraction of sp³-hybridized carbons (Fsp3) is 0.733. The van der Waals surface area contributed by atoms with Gasteiger partial charge in [0.05, 0.1) is 17.6 Å². The summed E-state index contributed by atoms with van der Waals surface area (Å²) in [6, 6.07) is 11.4. The maximum Gasteiger partial charge on any atom is 0.317 e. The standard InChI is InChI=1S/C30H42N4O2/c35-29(36)19-32-17-22(18-32)30-31-27-10-3-4-11-28(27)34(30)26-15-23-8-5-9-24(16-26)33(23)25-13-20-6-1-2-7-21(12-20)14-25/h3-4,10-11,20-26H,1-2,5-9,12-19H2,(H,35,36)/t20-,21+,23-,24+,25-,26-. The molecule has 6 nitrogen and oxygen atoms in total. The molecule has 0 spiro atoms. The van der Waals surface area contributed by atoms with Gasteiger partial charge >= 0.3 is 5.97 Å². The fourth-order valence-corrected chi connectivity index (χ4v) is 9.09. The first kappa shape index (κ1) is 23.2. The fourth-order valence-electron chi connectivity index (χ4n) is 9.09. The number of imidazole rings is 1. The molecule has 1 aromatic carbocycles. The zero-order chi connectivity index (χ0) is 24.2. The molecule has 0 unspecified atom stereocenters. The summed E-state index contributed by atoms with van der Waals surface area (Å²) in [4.78, 5) is 21.4. The number of para-hydroxylation sites is 2. The van der Waals surface area contributed by atoms with E-state index < -0.39 is 5.97 Å². The molecule has 2 aliphatic carbocycles. The Bertz CT molecular complexity index is 1080. The van der Waals surface area contributed by atoms with E-state index in [-0.39, 0.29) is 6.54 Å². The van der Waals surface area contributed by atoms with Crippen molar-refractivity contribution in [1.82, 2.24) is 19.4 Å². The zero-order valence-electron chi connectivity index (χ0n) is 21.6. The van der Waals surface area contributed by atoms with Crippen LogP contribution >= 0.6 is 0 Å². The summed E-state index contributed by atoms with van der Waals surface area (Å²) < 4.78 is 2.61. The molecule has 7 rings (SSSR count). The number of aromatic nitrogens is 2. The molecular formula is C30H42N4O2. The topological polar surface area (TPSA) is 61.6 Å². The number of hydrogen-bond donors (Lipinski definition) is 1. The Morgan fingerprint density at radius 2 is 1.53 bits per heavy atom. The van der Waals surface area contributed by atoms with Gasteiger partial charge in [0.1, 0.15) is 5.82 Å². The third-order valence-corrected chi connectivity index (χ3v) is 10.4. The van der Waals surface area contributed by atoms with Crippen molar-refractivity contribution in [2.45, 2.75) is 107 Å². The van der Waals surface area contributed by atoms with Gasteiger partial charge < -0.3 is 9.67 Å². The van der Waals surface area contributed by atoms with Crippen molar-refractivity contribution in [3.63, 3.8) is 0 Å². The predicted molar refractivity (Wildman–Crippen MR) is 141 cm³/mol. The lowest BCUT2D eigenvalue weighted by molar-refractivity contribution is -0.139. The van der Waals surface area contributed by atoms with E-state index in [0.717, 1.165) is 36.5 Å². The normalized spacial score (nSPS) is 35.9. The Kier molecular flexibility index (Phi) is 6.08. The van der Waals surface area contributed by atoms with Crippen molar-refractivity contribution in [2.24, 2.45) is 11.8 Å². The summed E-state index contributed by atoms with van der Waals surface area (Å²) in [5.41, 5.74) is 2.39. The van der Waals surface area contributed by atoms with Gasteiger partial charge in [-0.15, -0.1) is 0 Å². The molecule has 36 heavy (non-hydrogen) atoms. The number of carboxylic acids is 1. The van der Waals surface area contributed by atoms with E-state index >= 15 is 0 Å². The van der Waals surface area contributed by atoms with E-state index in [1.165, 1.54) is 88.4 Å². The molecule has 6 atom stereocenters. The van der Waals surface area contributed by atoms with Gasteiger partial charge in [0.15, 0.2) is 0 Å². The Labute approximate surface area is 215 Å². The molecule has 3 aliphatic heterocycles. The van der Waals surface area contributed by atoms with Crippen LogP contribution < -0.4 is 0 Å². The molecule has 4 bridgehead atoms. The first-order chi connectivity index (χ1) is 17.6. The van der Waals surface area contributed by atoms with Gasteiger partial charge in [0.2, 0.25) is 0 Å². The molecule has 194 valence electrons. The second kappa shape index (κ2) is 9.43. The number of benzene rings is 1. The van der Waals surface area contributed by atoms with Crippen LogP contribution in [0.1, 0.15) is 94.8 Å². The molecule has 0 amide bonds. The predicted octanol–water partition coefficient (Wildman–Crippen LogP) is 5.44. The Balaban J connectivity index is 1.15. The smallest absolute Gasteiger partial charge is 0.317 e. The van der Waals surface area contributed by atoms with Crippen LogP contribution in [0.3, 0.4) is 0 Å². The zero-order valence-corrected chi connectivity index (χ0v) is 21.6. The molecule has 2 aromatic rings. The largest absolute Gasteiger partial charge is 0.480 e. The van der Waals surface area contributed by atoms with Crippen molar-refractivity contribution >= 4 is 17.0 Å². The summed E-state index contributed by atoms with van der Waals surface area (Å²) in [5, 5.41) is 9.20. The van der Waals surface area contributed by atoms with Crippen molar-refractivity contribution < 1.29 is 9.90 Å². The van der Waals surface area contributed by atoms with Crippen LogP contribution in [0.5, 0.6) is 0 Å². The first-order valence-corrected chi connectivity index (χ1v) is 14.8. The van der Waals surface area contributed by atoms with Crippen LogP contribution in [0.25, 0.3) is 11.0 Å². The summed E-state index contributed by atoms with van der Waals surface area (Å²) in [5.74, 6) is 2.77. The molecular weight excluding hydrogens is 448 g/mol. The molecule has 5 fully saturated rings. The summed E-state index contributed by atoms with van der Waals surface area (Å²) >= 11 is 0. The molecule has 4 heterocycles. The quantitative estimate of drug-likeness (QED) is 0.605. The minimum Gasteiger partial charge on any atom is -0.480 e. The van der Waals surface area contributed by atoms with Crippen LogP contribution in [-0.2, 0) is 4.79 Å². The van der Waals surface area contributed by atoms with Crippen LogP contribution in [0, 0.1) is 11.8 Å². The highest BCUT2D eigenvalue weighted by Crippen LogP contribution is 2.48. The average Bonchev–Trinajstić information content (AvgIpc) is 3.12. The van der Waals surface area contributed by atoms with Crippen molar-refractivity contribution in [3.05, 3.63) is 30.1 Å². The number of rotatable bonds is 5. The van der Waals surface area contributed by atoms with Crippen LogP contribution in [-0.4, -0.2) is 68.2 Å². The van der Waals surface area contributed by atoms with Gasteiger partial charge in [-0.1, -0.05) is 44.2 Å². The molecule has 1 aromatic heterocycles. The molecule has 6 heteroatoms. The Morgan fingerprint density at radius 1 is 0.833 bits per heavy atom. The van der Waals surface area contributed by atoms with E-state index in [4.69, 9.17) is 4.98 Å². The van der Waals surface area contributed by atoms with E-state index in [1.54, 1.807) is 0 Å². The van der Waals surface area contributed by atoms with Gasteiger partial charge in [-0.2, -0.15) is 0 Å². The maximum absolute atomic E-state index is 11.2. The van der Waals surface area contributed by atoms with Gasteiger partial charge in [0, 0.05) is 43.2 Å². The SMILES string of the molecule is O=C(O)CN1CC(c2nc3ccccc3n2[C@@H]2C[C@H]3CCC[C@@H](C2)N3[C@@H]2C[C@@H]3CCCC[C@@H](C3)C2)C1. The Morgan fingerprint density at radius 3 is 2.22 bits per heavy atom. The lowest BCUT2D eigenvalue weighted by Gasteiger charge is -2.55. The molecule has 0 radical (unpaired) electrons. The molecule has 1 N–H and O–H groups in total. The highest BCUT2D eigenvalue weighted by Gasteiger charge is 2.46. The monoisotopic (exact) mass is 490 g/mol. The third kappa shape index (κ3) is 4.18. The van der Waals surface area contributed by atoms with Crippen molar-refractivity contribution in [1.29, 1.82) is 0 Å². The molecule has 2 saturated carbocycles. The number of nitrogens with zero attached hydrogens (tertiary/aromatic N) is 4. The van der Waals surface area contributed by atoms with Gasteiger partial charge in [-0.25, -0.2) is 4.98 Å². The average molecular weight is 491 g/mol. The second-order valence-electron chi connectivity index (χ2n) is 12.8. The number of hydrogen-bond acceptors (Lipinski definition) is 4. The van der Waals surface area contributed by atoms with Crippen LogP contribution in [0.4, 0.5) is 0 Å². The maximum atomic E-state index is 11.2. The van der Waals surface area contributed by atoms with E-state index in [9.17, 15) is 9.90 Å². The van der Waals surface area contributed by atoms with Gasteiger partial charge in [-0.05, 0) is 68.9 Å². The van der Waals surface area contributed by atoms with Gasteiger partial charge in [-0.3, -0.25) is 14.6 Å². The van der Waals surface area contributed by atoms with Crippen LogP contribution in [0.2, 0.25) is 0 Å². The number of carbonyl (C=O) groups is 1. The summed E-state index contributed by atoms with van der Waals surface area (Å²) in [6.07, 6.45) is 16.9. The van der Waals surface area contributed by atoms with Crippen molar-refractivity contribution in [3.8, 4) is 0 Å². The highest BCUT2D eigenvalue weighted by atomic mass is 16.4. The lowest BCUT2D eigenvalue weighted by Crippen LogP contribution is -2.58. The molecule has 5 aliphatic rings. The third-order valence-electron chi connectivity index (χ3n) is 10.4. The second-order valence-corrected chi connectivity index (χ2v) is 12.8. The number of aliphatic carboxylic acids is 1. The minimum absolute atomic E-state index is 0.142. The van der Waals surface area contributed by atoms with E-state index in [2.05, 4.69) is 33.7 Å². The number of fused-ring (bicyclic) bond motifs is 5. The van der Waals surface area contributed by atoms with Crippen LogP contribution in [0.15, 0.2) is 24.3 Å². The van der Waals surface area contributed by atoms with Crippen molar-refractivity contribution in [2.75, 3.05) is 19.6 Å². The number of piperidine rings is 2. The van der Waals surface area contributed by atoms with Gasteiger partial charge in [0.25, 0.3) is 0 Å².